The molecule has 1 atom stereocenters. The number of amides is 1. The molecule has 0 saturated carbocycles. The van der Waals surface area contributed by atoms with Gasteiger partial charge in [-0.15, -0.1) is 11.3 Å². The van der Waals surface area contributed by atoms with Crippen LogP contribution in [0.3, 0.4) is 0 Å². The van der Waals surface area contributed by atoms with Crippen molar-refractivity contribution in [3.8, 4) is 11.1 Å². The van der Waals surface area contributed by atoms with Crippen molar-refractivity contribution < 1.29 is 4.79 Å². The van der Waals surface area contributed by atoms with Gasteiger partial charge in [0.1, 0.15) is 0 Å². The van der Waals surface area contributed by atoms with Crippen molar-refractivity contribution in [3.05, 3.63) is 81.0 Å². The summed E-state index contributed by atoms with van der Waals surface area (Å²) in [6.07, 6.45) is 3.34. The van der Waals surface area contributed by atoms with E-state index in [1.165, 1.54) is 28.9 Å². The summed E-state index contributed by atoms with van der Waals surface area (Å²) in [6.45, 7) is 9.63. The molecule has 0 radical (unpaired) electrons. The van der Waals surface area contributed by atoms with Crippen LogP contribution in [-0.2, 0) is 12.0 Å². The van der Waals surface area contributed by atoms with Gasteiger partial charge >= 0.3 is 0 Å². The third kappa shape index (κ3) is 6.47. The molecule has 3 nitrogen and oxygen atoms in total. The third-order valence-corrected chi connectivity index (χ3v) is 7.46. The van der Waals surface area contributed by atoms with E-state index in [1.807, 2.05) is 35.7 Å². The van der Waals surface area contributed by atoms with Crippen LogP contribution in [0.2, 0.25) is 5.02 Å². The highest BCUT2D eigenvalue weighted by Crippen LogP contribution is 2.28. The lowest BCUT2D eigenvalue weighted by atomic mass is 9.87. The normalized spacial score (nSPS) is 17.5. The molecule has 1 fully saturated rings. The molecule has 33 heavy (non-hydrogen) atoms. The van der Waals surface area contributed by atoms with Crippen LogP contribution in [0.4, 0.5) is 0 Å². The largest absolute Gasteiger partial charge is 0.347 e. The lowest BCUT2D eigenvalue weighted by Gasteiger charge is -2.25. The zero-order valence-electron chi connectivity index (χ0n) is 19.7. The van der Waals surface area contributed by atoms with Crippen molar-refractivity contribution in [3.63, 3.8) is 0 Å². The average Bonchev–Trinajstić information content (AvgIpc) is 3.17. The van der Waals surface area contributed by atoms with E-state index in [9.17, 15) is 4.79 Å². The van der Waals surface area contributed by atoms with Crippen LogP contribution in [0.15, 0.2) is 60.0 Å². The second-order valence-corrected chi connectivity index (χ2v) is 11.4. The van der Waals surface area contributed by atoms with Gasteiger partial charge in [-0.25, -0.2) is 0 Å². The number of hydrogen-bond acceptors (Lipinski definition) is 3. The third-order valence-electron chi connectivity index (χ3n) is 6.30. The fourth-order valence-corrected chi connectivity index (χ4v) is 5.39. The number of hydrogen-bond donors (Lipinski definition) is 1. The molecule has 0 aliphatic carbocycles. The molecule has 0 spiro atoms. The predicted octanol–water partition coefficient (Wildman–Crippen LogP) is 7.15. The van der Waals surface area contributed by atoms with Crippen LogP contribution in [0, 0.1) is 0 Å². The smallest absolute Gasteiger partial charge is 0.261 e. The highest BCUT2D eigenvalue weighted by Gasteiger charge is 2.22. The van der Waals surface area contributed by atoms with Crippen molar-refractivity contribution in [2.45, 2.75) is 58.0 Å². The van der Waals surface area contributed by atoms with Gasteiger partial charge in [0.25, 0.3) is 5.91 Å². The number of halogens is 1. The monoisotopic (exact) mass is 480 g/mol. The number of benzene rings is 2. The van der Waals surface area contributed by atoms with E-state index in [0.29, 0.717) is 5.02 Å². The Bertz CT molecular complexity index is 1080. The molecule has 4 rings (SSSR count). The summed E-state index contributed by atoms with van der Waals surface area (Å²) in [6, 6.07) is 18.9. The Morgan fingerprint density at radius 2 is 1.88 bits per heavy atom. The lowest BCUT2D eigenvalue weighted by Crippen LogP contribution is -2.42. The molecular formula is C28H33ClN2OS. The van der Waals surface area contributed by atoms with E-state index in [4.69, 9.17) is 11.6 Å². The molecule has 1 saturated heterocycles. The molecule has 5 heteroatoms. The number of carbonyl (C=O) groups is 1. The van der Waals surface area contributed by atoms with E-state index in [0.717, 1.165) is 48.5 Å². The first-order valence-corrected chi connectivity index (χ1v) is 13.0. The summed E-state index contributed by atoms with van der Waals surface area (Å²) >= 11 is 7.62. The van der Waals surface area contributed by atoms with Crippen LogP contribution in [0.1, 0.15) is 60.8 Å². The first-order chi connectivity index (χ1) is 15.8. The summed E-state index contributed by atoms with van der Waals surface area (Å²) in [7, 11) is 0. The maximum absolute atomic E-state index is 13.0. The molecule has 0 bridgehead atoms. The van der Waals surface area contributed by atoms with Gasteiger partial charge < -0.3 is 5.32 Å². The maximum atomic E-state index is 13.0. The number of rotatable bonds is 5. The average molecular weight is 481 g/mol. The fourth-order valence-electron chi connectivity index (χ4n) is 4.38. The highest BCUT2D eigenvalue weighted by molar-refractivity contribution is 7.12. The Morgan fingerprint density at radius 1 is 1.09 bits per heavy atom. The Labute approximate surface area is 206 Å². The number of thiophene rings is 1. The lowest BCUT2D eigenvalue weighted by molar-refractivity contribution is 0.0929. The van der Waals surface area contributed by atoms with Gasteiger partial charge in [-0.2, -0.15) is 0 Å². The molecule has 1 amide bonds. The second kappa shape index (κ2) is 10.4. The molecule has 1 aromatic heterocycles. The van der Waals surface area contributed by atoms with Gasteiger partial charge in [0.2, 0.25) is 0 Å². The zero-order chi connectivity index (χ0) is 23.4. The number of carbonyl (C=O) groups excluding carboxylic acids is 1. The van der Waals surface area contributed by atoms with Crippen molar-refractivity contribution in [1.82, 2.24) is 10.2 Å². The van der Waals surface area contributed by atoms with E-state index in [1.54, 1.807) is 0 Å². The van der Waals surface area contributed by atoms with Gasteiger partial charge in [-0.1, -0.05) is 75.2 Å². The Morgan fingerprint density at radius 3 is 2.61 bits per heavy atom. The van der Waals surface area contributed by atoms with Crippen LogP contribution >= 0.6 is 22.9 Å². The molecule has 1 aliphatic heterocycles. The van der Waals surface area contributed by atoms with Gasteiger partial charge in [-0.05, 0) is 70.6 Å². The quantitative estimate of drug-likeness (QED) is 0.420. The number of likely N-dealkylation sites (tertiary alicyclic amines) is 1. The van der Waals surface area contributed by atoms with E-state index in [2.05, 4.69) is 55.3 Å². The number of nitrogens with zero attached hydrogens (tertiary/aromatic N) is 1. The van der Waals surface area contributed by atoms with Crippen LogP contribution in [-0.4, -0.2) is 29.9 Å². The summed E-state index contributed by atoms with van der Waals surface area (Å²) in [5, 5.41) is 6.03. The molecule has 2 aromatic carbocycles. The molecule has 2 heterocycles. The standard InChI is InChI=1S/C28H33ClN2OS/c1-28(2,3)23-12-10-20(11-13-23)17-31-14-5-4-9-25(18-31)30-27(32)26-16-22(19-33-26)21-7-6-8-24(29)15-21/h6-8,10-13,15-16,19,25H,4-5,9,14,17-18H2,1-3H3,(H,30,32). The molecule has 1 unspecified atom stereocenters. The summed E-state index contributed by atoms with van der Waals surface area (Å²) < 4.78 is 0. The van der Waals surface area contributed by atoms with Gasteiger partial charge in [0.15, 0.2) is 0 Å². The SMILES string of the molecule is CC(C)(C)c1ccc(CN2CCCCC(NC(=O)c3cc(-c4cccc(Cl)c4)cs3)C2)cc1. The summed E-state index contributed by atoms with van der Waals surface area (Å²) in [4.78, 5) is 16.2. The van der Waals surface area contributed by atoms with Crippen molar-refractivity contribution >= 4 is 28.8 Å². The van der Waals surface area contributed by atoms with Crippen LogP contribution in [0.25, 0.3) is 11.1 Å². The summed E-state index contributed by atoms with van der Waals surface area (Å²) in [5.41, 5.74) is 4.94. The van der Waals surface area contributed by atoms with Crippen molar-refractivity contribution in [1.29, 1.82) is 0 Å². The van der Waals surface area contributed by atoms with E-state index in [-0.39, 0.29) is 17.4 Å². The Hall–Kier alpha value is -2.14. The first kappa shape index (κ1) is 24.0. The fraction of sp³-hybridized carbons (Fsp3) is 0.393. The maximum Gasteiger partial charge on any atom is 0.261 e. The number of nitrogens with one attached hydrogen (secondary N) is 1. The molecular weight excluding hydrogens is 448 g/mol. The minimum atomic E-state index is 0.0228. The topological polar surface area (TPSA) is 32.3 Å². The minimum absolute atomic E-state index is 0.0228. The Kier molecular flexibility index (Phi) is 7.58. The van der Waals surface area contributed by atoms with Gasteiger partial charge in [-0.3, -0.25) is 9.69 Å². The highest BCUT2D eigenvalue weighted by atomic mass is 35.5. The second-order valence-electron chi connectivity index (χ2n) is 10.1. The van der Waals surface area contributed by atoms with E-state index < -0.39 is 0 Å². The zero-order valence-corrected chi connectivity index (χ0v) is 21.3. The van der Waals surface area contributed by atoms with Gasteiger partial charge in [0, 0.05) is 24.2 Å². The van der Waals surface area contributed by atoms with Crippen LogP contribution in [0.5, 0.6) is 0 Å². The van der Waals surface area contributed by atoms with E-state index >= 15 is 0 Å². The molecule has 1 aliphatic rings. The molecule has 174 valence electrons. The predicted molar refractivity (Wildman–Crippen MR) is 140 cm³/mol. The molecule has 1 N–H and O–H groups in total. The minimum Gasteiger partial charge on any atom is -0.347 e. The Balaban J connectivity index is 1.37. The van der Waals surface area contributed by atoms with Crippen LogP contribution < -0.4 is 5.32 Å². The summed E-state index contributed by atoms with van der Waals surface area (Å²) in [5.74, 6) is 0.0228. The van der Waals surface area contributed by atoms with Gasteiger partial charge in [0.05, 0.1) is 4.88 Å². The van der Waals surface area contributed by atoms with Crippen molar-refractivity contribution in [2.75, 3.05) is 13.1 Å². The van der Waals surface area contributed by atoms with Crippen molar-refractivity contribution in [2.24, 2.45) is 0 Å². The first-order valence-electron chi connectivity index (χ1n) is 11.7. The molecule has 3 aromatic rings.